The van der Waals surface area contributed by atoms with Crippen LogP contribution >= 0.6 is 0 Å². The maximum atomic E-state index is 11.9. The molecular formula is C20H35NO5. The topological polar surface area (TPSA) is 110 Å². The van der Waals surface area contributed by atoms with Crippen molar-refractivity contribution in [2.75, 3.05) is 6.61 Å². The first-order chi connectivity index (χ1) is 11.9. The number of carbonyl (C=O) groups is 2. The number of fused-ring (bicyclic) bond motifs is 1. The summed E-state index contributed by atoms with van der Waals surface area (Å²) in [6.45, 7) is 9.01. The van der Waals surface area contributed by atoms with Crippen LogP contribution in [0.25, 0.3) is 0 Å². The number of rotatable bonds is 6. The highest BCUT2D eigenvalue weighted by Crippen LogP contribution is 2.62. The van der Waals surface area contributed by atoms with Crippen LogP contribution in [-0.2, 0) is 14.3 Å². The SMILES string of the molecule is CC1(C)CCCC2(C)C1CC[C@@](C)(O)C2CCOC(=O)C(N)CC(=O)O. The molecule has 0 aromatic rings. The Labute approximate surface area is 156 Å². The number of esters is 1. The molecule has 0 radical (unpaired) electrons. The standard InChI is InChI=1S/C20H35NO5/c1-18(2)8-5-9-19(3)14(18)6-10-20(4,25)15(19)7-11-26-17(24)13(21)12-16(22)23/h13-15,25H,5-12,21H2,1-4H3,(H,22,23)/t13?,14?,15?,19?,20-/m1/s1. The minimum absolute atomic E-state index is 0.0130. The van der Waals surface area contributed by atoms with Crippen LogP contribution in [0.1, 0.15) is 72.6 Å². The monoisotopic (exact) mass is 369 g/mol. The van der Waals surface area contributed by atoms with Gasteiger partial charge in [0.15, 0.2) is 0 Å². The van der Waals surface area contributed by atoms with E-state index in [1.54, 1.807) is 0 Å². The van der Waals surface area contributed by atoms with Crippen molar-refractivity contribution in [3.8, 4) is 0 Å². The second kappa shape index (κ2) is 7.47. The lowest BCUT2D eigenvalue weighted by molar-refractivity contribution is -0.175. The molecule has 2 fully saturated rings. The maximum Gasteiger partial charge on any atom is 0.323 e. The average molecular weight is 370 g/mol. The zero-order valence-corrected chi connectivity index (χ0v) is 16.6. The van der Waals surface area contributed by atoms with Gasteiger partial charge in [0, 0.05) is 0 Å². The molecule has 4 N–H and O–H groups in total. The second-order valence-corrected chi connectivity index (χ2v) is 9.51. The number of carboxylic acid groups (broad SMARTS) is 1. The molecule has 0 aromatic heterocycles. The van der Waals surface area contributed by atoms with E-state index in [2.05, 4.69) is 20.8 Å². The summed E-state index contributed by atoms with van der Waals surface area (Å²) in [7, 11) is 0. The predicted molar refractivity (Wildman–Crippen MR) is 98.4 cm³/mol. The number of aliphatic hydroxyl groups is 1. The minimum atomic E-state index is -1.14. The Morgan fingerprint density at radius 2 is 1.85 bits per heavy atom. The summed E-state index contributed by atoms with van der Waals surface area (Å²) in [5, 5.41) is 19.8. The number of nitrogens with two attached hydrogens (primary N) is 1. The zero-order valence-electron chi connectivity index (χ0n) is 16.6. The van der Waals surface area contributed by atoms with Crippen LogP contribution < -0.4 is 5.73 Å². The van der Waals surface area contributed by atoms with Crippen LogP contribution in [0.3, 0.4) is 0 Å². The minimum Gasteiger partial charge on any atom is -0.481 e. The molecule has 0 aromatic carbocycles. The zero-order chi connectivity index (χ0) is 19.8. The van der Waals surface area contributed by atoms with Crippen LogP contribution in [0, 0.1) is 22.7 Å². The molecular weight excluding hydrogens is 334 g/mol. The summed E-state index contributed by atoms with van der Waals surface area (Å²) in [5.41, 5.74) is 5.04. The van der Waals surface area contributed by atoms with Gasteiger partial charge >= 0.3 is 11.9 Å². The summed E-state index contributed by atoms with van der Waals surface area (Å²) in [4.78, 5) is 22.5. The molecule has 2 aliphatic rings. The van der Waals surface area contributed by atoms with Crippen LogP contribution in [0.4, 0.5) is 0 Å². The van der Waals surface area contributed by atoms with Crippen molar-refractivity contribution in [1.82, 2.24) is 0 Å². The molecule has 2 aliphatic carbocycles. The summed E-state index contributed by atoms with van der Waals surface area (Å²) < 4.78 is 5.24. The molecule has 0 aliphatic heterocycles. The molecule has 0 spiro atoms. The smallest absolute Gasteiger partial charge is 0.323 e. The molecule has 6 heteroatoms. The lowest BCUT2D eigenvalue weighted by Gasteiger charge is -2.61. The van der Waals surface area contributed by atoms with Gasteiger partial charge in [-0.3, -0.25) is 9.59 Å². The normalized spacial score (nSPS) is 37.5. The van der Waals surface area contributed by atoms with Crippen LogP contribution in [0.15, 0.2) is 0 Å². The van der Waals surface area contributed by atoms with Crippen molar-refractivity contribution >= 4 is 11.9 Å². The van der Waals surface area contributed by atoms with Gasteiger partial charge in [-0.15, -0.1) is 0 Å². The Kier molecular flexibility index (Phi) is 6.08. The maximum absolute atomic E-state index is 11.9. The average Bonchev–Trinajstić information content (AvgIpc) is 2.47. The van der Waals surface area contributed by atoms with E-state index in [1.807, 2.05) is 6.92 Å². The Bertz CT molecular complexity index is 544. The van der Waals surface area contributed by atoms with Crippen molar-refractivity contribution < 1.29 is 24.5 Å². The molecule has 0 heterocycles. The van der Waals surface area contributed by atoms with Crippen molar-refractivity contribution in [3.63, 3.8) is 0 Å². The Balaban J connectivity index is 2.05. The van der Waals surface area contributed by atoms with E-state index in [-0.39, 0.29) is 23.4 Å². The van der Waals surface area contributed by atoms with Crippen molar-refractivity contribution in [1.29, 1.82) is 0 Å². The third kappa shape index (κ3) is 4.22. The number of aliphatic carboxylic acids is 1. The number of carbonyl (C=O) groups excluding carboxylic acids is 1. The number of carboxylic acids is 1. The van der Waals surface area contributed by atoms with E-state index in [1.165, 1.54) is 6.42 Å². The van der Waals surface area contributed by atoms with Crippen LogP contribution in [0.2, 0.25) is 0 Å². The molecule has 4 unspecified atom stereocenters. The van der Waals surface area contributed by atoms with Gasteiger partial charge in [-0.1, -0.05) is 27.2 Å². The summed E-state index contributed by atoms with van der Waals surface area (Å²) >= 11 is 0. The largest absolute Gasteiger partial charge is 0.481 e. The van der Waals surface area contributed by atoms with E-state index in [9.17, 15) is 14.7 Å². The first kappa shape index (κ1) is 21.2. The van der Waals surface area contributed by atoms with Gasteiger partial charge in [-0.25, -0.2) is 0 Å². The van der Waals surface area contributed by atoms with Crippen molar-refractivity contribution in [3.05, 3.63) is 0 Å². The third-order valence-electron chi connectivity index (χ3n) is 7.11. The lowest BCUT2D eigenvalue weighted by Crippen LogP contribution is -2.57. The lowest BCUT2D eigenvalue weighted by atomic mass is 9.45. The van der Waals surface area contributed by atoms with E-state index < -0.39 is 30.0 Å². The molecule has 2 saturated carbocycles. The molecule has 150 valence electrons. The molecule has 26 heavy (non-hydrogen) atoms. The quantitative estimate of drug-likeness (QED) is 0.621. The highest BCUT2D eigenvalue weighted by atomic mass is 16.5. The molecule has 0 bridgehead atoms. The van der Waals surface area contributed by atoms with E-state index in [0.29, 0.717) is 12.3 Å². The van der Waals surface area contributed by atoms with Gasteiger partial charge in [0.25, 0.3) is 0 Å². The van der Waals surface area contributed by atoms with Crippen molar-refractivity contribution in [2.24, 2.45) is 28.4 Å². The fourth-order valence-corrected chi connectivity index (χ4v) is 5.92. The van der Waals surface area contributed by atoms with Crippen LogP contribution in [-0.4, -0.2) is 40.4 Å². The Morgan fingerprint density at radius 3 is 2.46 bits per heavy atom. The fraction of sp³-hybridized carbons (Fsp3) is 0.900. The molecule has 6 nitrogen and oxygen atoms in total. The Hall–Kier alpha value is -1.14. The van der Waals surface area contributed by atoms with Crippen LogP contribution in [0.5, 0.6) is 0 Å². The van der Waals surface area contributed by atoms with Gasteiger partial charge < -0.3 is 20.7 Å². The second-order valence-electron chi connectivity index (χ2n) is 9.51. The highest BCUT2D eigenvalue weighted by Gasteiger charge is 2.57. The van der Waals surface area contributed by atoms with E-state index in [4.69, 9.17) is 15.6 Å². The summed E-state index contributed by atoms with van der Waals surface area (Å²) in [6.07, 6.45) is 5.35. The van der Waals surface area contributed by atoms with E-state index in [0.717, 1.165) is 25.7 Å². The predicted octanol–water partition coefficient (Wildman–Crippen LogP) is 2.72. The summed E-state index contributed by atoms with van der Waals surface area (Å²) in [5.74, 6) is -1.23. The molecule has 2 rings (SSSR count). The molecule has 0 amide bonds. The molecule has 0 saturated heterocycles. The Morgan fingerprint density at radius 1 is 1.19 bits per heavy atom. The van der Waals surface area contributed by atoms with Gasteiger partial charge in [-0.05, 0) is 61.7 Å². The van der Waals surface area contributed by atoms with Gasteiger partial charge in [-0.2, -0.15) is 0 Å². The summed E-state index contributed by atoms with van der Waals surface area (Å²) in [6, 6.07) is -1.14. The first-order valence-corrected chi connectivity index (χ1v) is 9.76. The number of hydrogen-bond acceptors (Lipinski definition) is 5. The van der Waals surface area contributed by atoms with E-state index >= 15 is 0 Å². The third-order valence-corrected chi connectivity index (χ3v) is 7.11. The van der Waals surface area contributed by atoms with Crippen molar-refractivity contribution in [2.45, 2.75) is 84.3 Å². The van der Waals surface area contributed by atoms with Gasteiger partial charge in [0.05, 0.1) is 18.6 Å². The number of hydrogen-bond donors (Lipinski definition) is 3. The van der Waals surface area contributed by atoms with Gasteiger partial charge in [0.2, 0.25) is 0 Å². The molecule has 5 atom stereocenters. The fourth-order valence-electron chi connectivity index (χ4n) is 5.92. The number of ether oxygens (including phenoxy) is 1. The van der Waals surface area contributed by atoms with Gasteiger partial charge in [0.1, 0.15) is 6.04 Å². The first-order valence-electron chi connectivity index (χ1n) is 9.76. The highest BCUT2D eigenvalue weighted by molar-refractivity contribution is 5.81.